The molecule has 3 rings (SSSR count). The van der Waals surface area contributed by atoms with Gasteiger partial charge in [0.05, 0.1) is 17.8 Å². The van der Waals surface area contributed by atoms with E-state index < -0.39 is 0 Å². The Morgan fingerprint density at radius 2 is 2.28 bits per heavy atom. The third-order valence-corrected chi connectivity index (χ3v) is 4.47. The Hall–Kier alpha value is -1.38. The first-order chi connectivity index (χ1) is 8.74. The molecule has 2 heterocycles. The highest BCUT2D eigenvalue weighted by molar-refractivity contribution is 5.97. The van der Waals surface area contributed by atoms with Crippen molar-refractivity contribution in [3.05, 3.63) is 29.6 Å². The lowest BCUT2D eigenvalue weighted by Gasteiger charge is -2.44. The number of amides is 1. The van der Waals surface area contributed by atoms with Gasteiger partial charge in [0, 0.05) is 12.7 Å². The number of aromatic nitrogens is 1. The summed E-state index contributed by atoms with van der Waals surface area (Å²) in [5, 5.41) is 0. The maximum atomic E-state index is 12.3. The number of carbonyl (C=O) groups is 1. The van der Waals surface area contributed by atoms with E-state index in [1.165, 1.54) is 32.1 Å². The van der Waals surface area contributed by atoms with Crippen LogP contribution in [0.2, 0.25) is 0 Å². The SMILES string of the molecule is CCCC1(CN2Cc3ncccc3C2=O)CCC1. The first kappa shape index (κ1) is 11.7. The third kappa shape index (κ3) is 1.82. The van der Waals surface area contributed by atoms with E-state index in [1.807, 2.05) is 17.0 Å². The quantitative estimate of drug-likeness (QED) is 0.815. The summed E-state index contributed by atoms with van der Waals surface area (Å²) in [5.41, 5.74) is 2.17. The fourth-order valence-electron chi connectivity index (χ4n) is 3.41. The molecule has 1 saturated carbocycles. The van der Waals surface area contributed by atoms with Gasteiger partial charge in [-0.2, -0.15) is 0 Å². The van der Waals surface area contributed by atoms with Crippen molar-refractivity contribution in [2.24, 2.45) is 5.41 Å². The standard InChI is InChI=1S/C15H20N2O/c1-2-6-15(7-4-8-15)11-17-10-13-12(14(17)18)5-3-9-16-13/h3,5,9H,2,4,6-8,10-11H2,1H3. The summed E-state index contributed by atoms with van der Waals surface area (Å²) >= 11 is 0. The minimum atomic E-state index is 0.181. The zero-order valence-corrected chi connectivity index (χ0v) is 11.0. The zero-order valence-electron chi connectivity index (χ0n) is 11.0. The largest absolute Gasteiger partial charge is 0.332 e. The van der Waals surface area contributed by atoms with Crippen LogP contribution in [-0.4, -0.2) is 22.3 Å². The molecule has 0 unspecified atom stereocenters. The van der Waals surface area contributed by atoms with Gasteiger partial charge >= 0.3 is 0 Å². The molecule has 18 heavy (non-hydrogen) atoms. The normalized spacial score (nSPS) is 20.7. The maximum absolute atomic E-state index is 12.3. The zero-order chi connectivity index (χ0) is 12.6. The highest BCUT2D eigenvalue weighted by Crippen LogP contribution is 2.46. The van der Waals surface area contributed by atoms with Gasteiger partial charge in [0.15, 0.2) is 0 Å². The van der Waals surface area contributed by atoms with Crippen molar-refractivity contribution in [3.8, 4) is 0 Å². The molecule has 0 aromatic carbocycles. The van der Waals surface area contributed by atoms with Crippen LogP contribution in [0.4, 0.5) is 0 Å². The number of hydrogen-bond acceptors (Lipinski definition) is 2. The molecule has 1 aromatic heterocycles. The van der Waals surface area contributed by atoms with Crippen molar-refractivity contribution in [1.29, 1.82) is 0 Å². The van der Waals surface area contributed by atoms with Gasteiger partial charge in [0.1, 0.15) is 0 Å². The summed E-state index contributed by atoms with van der Waals surface area (Å²) < 4.78 is 0. The number of rotatable bonds is 4. The van der Waals surface area contributed by atoms with E-state index in [1.54, 1.807) is 6.20 Å². The second-order valence-corrected chi connectivity index (χ2v) is 5.76. The predicted molar refractivity (Wildman–Crippen MR) is 70.2 cm³/mol. The molecule has 1 fully saturated rings. The first-order valence-corrected chi connectivity index (χ1v) is 6.97. The van der Waals surface area contributed by atoms with Gasteiger partial charge in [-0.05, 0) is 36.8 Å². The molecule has 0 N–H and O–H groups in total. The molecule has 1 aromatic rings. The van der Waals surface area contributed by atoms with Gasteiger partial charge in [-0.3, -0.25) is 9.78 Å². The Balaban J connectivity index is 1.75. The molecule has 3 heteroatoms. The summed E-state index contributed by atoms with van der Waals surface area (Å²) in [6.45, 7) is 3.87. The molecule has 0 atom stereocenters. The van der Waals surface area contributed by atoms with Crippen LogP contribution in [0, 0.1) is 5.41 Å². The molecule has 1 aliphatic heterocycles. The highest BCUT2D eigenvalue weighted by atomic mass is 16.2. The highest BCUT2D eigenvalue weighted by Gasteiger charge is 2.40. The smallest absolute Gasteiger partial charge is 0.256 e. The fourth-order valence-corrected chi connectivity index (χ4v) is 3.41. The topological polar surface area (TPSA) is 33.2 Å². The van der Waals surface area contributed by atoms with Crippen LogP contribution < -0.4 is 0 Å². The summed E-state index contributed by atoms with van der Waals surface area (Å²) in [4.78, 5) is 18.6. The average Bonchev–Trinajstić information content (AvgIpc) is 2.64. The van der Waals surface area contributed by atoms with Gasteiger partial charge in [0.2, 0.25) is 0 Å². The second kappa shape index (κ2) is 4.38. The van der Waals surface area contributed by atoms with Crippen LogP contribution in [0.25, 0.3) is 0 Å². The van der Waals surface area contributed by atoms with E-state index in [-0.39, 0.29) is 5.91 Å². The van der Waals surface area contributed by atoms with E-state index in [0.717, 1.165) is 17.8 Å². The molecule has 0 radical (unpaired) electrons. The predicted octanol–water partition coefficient (Wildman–Crippen LogP) is 3.01. The van der Waals surface area contributed by atoms with Gasteiger partial charge in [-0.15, -0.1) is 0 Å². The lowest BCUT2D eigenvalue weighted by Crippen LogP contribution is -2.42. The second-order valence-electron chi connectivity index (χ2n) is 5.76. The van der Waals surface area contributed by atoms with E-state index in [9.17, 15) is 4.79 Å². The van der Waals surface area contributed by atoms with E-state index >= 15 is 0 Å². The molecule has 0 saturated heterocycles. The van der Waals surface area contributed by atoms with Crippen LogP contribution in [0.3, 0.4) is 0 Å². The maximum Gasteiger partial charge on any atom is 0.256 e. The van der Waals surface area contributed by atoms with Crippen molar-refractivity contribution in [2.45, 2.75) is 45.6 Å². The summed E-state index contributed by atoms with van der Waals surface area (Å²) in [6.07, 6.45) is 8.14. The summed E-state index contributed by atoms with van der Waals surface area (Å²) in [5.74, 6) is 0.181. The molecular weight excluding hydrogens is 224 g/mol. The lowest BCUT2D eigenvalue weighted by atomic mass is 9.66. The van der Waals surface area contributed by atoms with Crippen LogP contribution in [0.15, 0.2) is 18.3 Å². The third-order valence-electron chi connectivity index (χ3n) is 4.47. The van der Waals surface area contributed by atoms with Crippen molar-refractivity contribution in [1.82, 2.24) is 9.88 Å². The van der Waals surface area contributed by atoms with E-state index in [0.29, 0.717) is 12.0 Å². The Morgan fingerprint density at radius 1 is 1.44 bits per heavy atom. The lowest BCUT2D eigenvalue weighted by molar-refractivity contribution is 0.0432. The van der Waals surface area contributed by atoms with Crippen LogP contribution in [0.5, 0.6) is 0 Å². The number of fused-ring (bicyclic) bond motifs is 1. The molecule has 0 spiro atoms. The molecule has 96 valence electrons. The fraction of sp³-hybridized carbons (Fsp3) is 0.600. The van der Waals surface area contributed by atoms with Crippen LogP contribution in [-0.2, 0) is 6.54 Å². The minimum absolute atomic E-state index is 0.181. The van der Waals surface area contributed by atoms with E-state index in [4.69, 9.17) is 0 Å². The number of nitrogens with zero attached hydrogens (tertiary/aromatic N) is 2. The van der Waals surface area contributed by atoms with Crippen molar-refractivity contribution < 1.29 is 4.79 Å². The number of carbonyl (C=O) groups excluding carboxylic acids is 1. The van der Waals surface area contributed by atoms with Crippen LogP contribution in [0.1, 0.15) is 55.1 Å². The van der Waals surface area contributed by atoms with Crippen molar-refractivity contribution in [3.63, 3.8) is 0 Å². The summed E-state index contributed by atoms with van der Waals surface area (Å²) in [6, 6.07) is 3.75. The number of hydrogen-bond donors (Lipinski definition) is 0. The molecule has 3 nitrogen and oxygen atoms in total. The first-order valence-electron chi connectivity index (χ1n) is 6.97. The average molecular weight is 244 g/mol. The van der Waals surface area contributed by atoms with Gasteiger partial charge in [-0.25, -0.2) is 0 Å². The van der Waals surface area contributed by atoms with Crippen molar-refractivity contribution >= 4 is 5.91 Å². The van der Waals surface area contributed by atoms with Gasteiger partial charge < -0.3 is 4.90 Å². The minimum Gasteiger partial charge on any atom is -0.332 e. The monoisotopic (exact) mass is 244 g/mol. The molecular formula is C15H20N2O. The Labute approximate surface area is 108 Å². The number of pyridine rings is 1. The molecule has 1 amide bonds. The van der Waals surface area contributed by atoms with Gasteiger partial charge in [0.25, 0.3) is 5.91 Å². The Kier molecular flexibility index (Phi) is 2.84. The Morgan fingerprint density at radius 3 is 2.89 bits per heavy atom. The van der Waals surface area contributed by atoms with Crippen LogP contribution >= 0.6 is 0 Å². The van der Waals surface area contributed by atoms with E-state index in [2.05, 4.69) is 11.9 Å². The van der Waals surface area contributed by atoms with Crippen molar-refractivity contribution in [2.75, 3.05) is 6.54 Å². The molecule has 2 aliphatic rings. The molecule has 0 bridgehead atoms. The van der Waals surface area contributed by atoms with Gasteiger partial charge in [-0.1, -0.05) is 19.8 Å². The molecule has 1 aliphatic carbocycles. The summed E-state index contributed by atoms with van der Waals surface area (Å²) in [7, 11) is 0. The Bertz CT molecular complexity index is 465.